The van der Waals surface area contributed by atoms with Gasteiger partial charge in [0.2, 0.25) is 5.91 Å². The molecule has 32 heavy (non-hydrogen) atoms. The van der Waals surface area contributed by atoms with Crippen molar-refractivity contribution in [3.8, 4) is 0 Å². The van der Waals surface area contributed by atoms with E-state index in [4.69, 9.17) is 0 Å². The molecule has 0 aliphatic rings. The molecule has 3 aromatic rings. The van der Waals surface area contributed by atoms with Crippen molar-refractivity contribution < 1.29 is 4.79 Å². The minimum atomic E-state index is -0.0413. The zero-order chi connectivity index (χ0) is 22.1. The van der Waals surface area contributed by atoms with E-state index >= 15 is 0 Å². The van der Waals surface area contributed by atoms with E-state index in [2.05, 4.69) is 38.2 Å². The van der Waals surface area contributed by atoms with Gasteiger partial charge in [0, 0.05) is 44.1 Å². The maximum Gasteiger partial charge on any atom is 0.226 e. The first-order chi connectivity index (χ1) is 15.0. The monoisotopic (exact) mass is 546 g/mol. The molecule has 0 unspecified atom stereocenters. The summed E-state index contributed by atoms with van der Waals surface area (Å²) in [5, 5.41) is 13.9. The van der Waals surface area contributed by atoms with Gasteiger partial charge in [-0.15, -0.1) is 24.0 Å². The number of rotatable bonds is 8. The van der Waals surface area contributed by atoms with Gasteiger partial charge in [-0.05, 0) is 34.9 Å². The third-order valence-corrected chi connectivity index (χ3v) is 4.89. The molecular weight excluding hydrogens is 515 g/mol. The Balaban J connectivity index is 0.00000363. The highest BCUT2D eigenvalue weighted by atomic mass is 127. The van der Waals surface area contributed by atoms with Crippen LogP contribution in [0.5, 0.6) is 0 Å². The second kappa shape index (κ2) is 12.8. The fraction of sp³-hybridized carbons (Fsp3) is 0.292. The van der Waals surface area contributed by atoms with Gasteiger partial charge < -0.3 is 16.0 Å². The van der Waals surface area contributed by atoms with Crippen LogP contribution in [0.4, 0.5) is 5.69 Å². The van der Waals surface area contributed by atoms with Crippen LogP contribution in [-0.2, 0) is 24.4 Å². The standard InChI is InChI=1S/C24H30N6O.HI/c1-18(2)23(31)29-22-11-9-19(10-12-22)15-26-24(25-3)27-16-20-7-4-5-8-21(20)17-30-14-6-13-28-30;/h4-14,18H,15-17H2,1-3H3,(H,29,31)(H2,25,26,27);1H. The maximum absolute atomic E-state index is 11.8. The Kier molecular flexibility index (Phi) is 10.2. The van der Waals surface area contributed by atoms with Crippen molar-refractivity contribution in [2.24, 2.45) is 10.9 Å². The van der Waals surface area contributed by atoms with E-state index in [-0.39, 0.29) is 35.8 Å². The lowest BCUT2D eigenvalue weighted by atomic mass is 10.1. The number of anilines is 1. The van der Waals surface area contributed by atoms with Gasteiger partial charge in [-0.3, -0.25) is 14.5 Å². The lowest BCUT2D eigenvalue weighted by Gasteiger charge is -2.15. The van der Waals surface area contributed by atoms with Gasteiger partial charge >= 0.3 is 0 Å². The van der Waals surface area contributed by atoms with Gasteiger partial charge in [0.25, 0.3) is 0 Å². The van der Waals surface area contributed by atoms with Gasteiger partial charge in [0.1, 0.15) is 0 Å². The molecule has 0 aliphatic heterocycles. The number of guanidine groups is 1. The van der Waals surface area contributed by atoms with Crippen LogP contribution < -0.4 is 16.0 Å². The second-order valence-electron chi connectivity index (χ2n) is 7.59. The van der Waals surface area contributed by atoms with Crippen molar-refractivity contribution in [3.63, 3.8) is 0 Å². The average molecular weight is 546 g/mol. The smallest absolute Gasteiger partial charge is 0.226 e. The molecule has 1 heterocycles. The predicted molar refractivity (Wildman–Crippen MR) is 140 cm³/mol. The summed E-state index contributed by atoms with van der Waals surface area (Å²) in [5.41, 5.74) is 4.32. The quantitative estimate of drug-likeness (QED) is 0.227. The first kappa shape index (κ1) is 25.4. The van der Waals surface area contributed by atoms with E-state index in [0.29, 0.717) is 13.1 Å². The Morgan fingerprint density at radius 1 is 1.00 bits per heavy atom. The number of hydrogen-bond donors (Lipinski definition) is 3. The molecule has 2 aromatic carbocycles. The molecule has 0 aliphatic carbocycles. The normalized spacial score (nSPS) is 11.1. The highest BCUT2D eigenvalue weighted by Crippen LogP contribution is 2.12. The summed E-state index contributed by atoms with van der Waals surface area (Å²) in [4.78, 5) is 16.1. The minimum Gasteiger partial charge on any atom is -0.352 e. The zero-order valence-electron chi connectivity index (χ0n) is 18.7. The fourth-order valence-electron chi connectivity index (χ4n) is 3.03. The number of benzene rings is 2. The number of hydrogen-bond acceptors (Lipinski definition) is 3. The largest absolute Gasteiger partial charge is 0.352 e. The fourth-order valence-corrected chi connectivity index (χ4v) is 3.03. The number of aliphatic imine (C=N–C) groups is 1. The van der Waals surface area contributed by atoms with Crippen molar-refractivity contribution in [2.75, 3.05) is 12.4 Å². The molecule has 170 valence electrons. The third-order valence-electron chi connectivity index (χ3n) is 4.89. The maximum atomic E-state index is 11.8. The van der Waals surface area contributed by atoms with Crippen LogP contribution >= 0.6 is 24.0 Å². The molecule has 3 rings (SSSR count). The van der Waals surface area contributed by atoms with Crippen LogP contribution in [0.3, 0.4) is 0 Å². The van der Waals surface area contributed by atoms with E-state index in [1.54, 1.807) is 13.2 Å². The Morgan fingerprint density at radius 2 is 1.69 bits per heavy atom. The highest BCUT2D eigenvalue weighted by molar-refractivity contribution is 14.0. The van der Waals surface area contributed by atoms with Gasteiger partial charge in [-0.1, -0.05) is 50.2 Å². The first-order valence-corrected chi connectivity index (χ1v) is 10.4. The number of carbonyl (C=O) groups excluding carboxylic acids is 1. The van der Waals surface area contributed by atoms with Crippen LogP contribution in [0.25, 0.3) is 0 Å². The molecule has 0 bridgehead atoms. The molecule has 8 heteroatoms. The Morgan fingerprint density at radius 3 is 2.31 bits per heavy atom. The van der Waals surface area contributed by atoms with Crippen molar-refractivity contribution in [1.29, 1.82) is 0 Å². The van der Waals surface area contributed by atoms with Gasteiger partial charge in [-0.2, -0.15) is 5.10 Å². The molecule has 0 fully saturated rings. The summed E-state index contributed by atoms with van der Waals surface area (Å²) in [6.07, 6.45) is 3.75. The molecule has 0 saturated carbocycles. The van der Waals surface area contributed by atoms with Crippen molar-refractivity contribution in [2.45, 2.75) is 33.5 Å². The van der Waals surface area contributed by atoms with E-state index in [1.807, 2.05) is 67.2 Å². The van der Waals surface area contributed by atoms with Gasteiger partial charge in [0.15, 0.2) is 5.96 Å². The molecule has 1 aromatic heterocycles. The van der Waals surface area contributed by atoms with Gasteiger partial charge in [0.05, 0.1) is 6.54 Å². The number of amides is 1. The summed E-state index contributed by atoms with van der Waals surface area (Å²) in [5.74, 6) is 0.704. The lowest BCUT2D eigenvalue weighted by molar-refractivity contribution is -0.118. The van der Waals surface area contributed by atoms with Crippen molar-refractivity contribution in [3.05, 3.63) is 83.7 Å². The number of carbonyl (C=O) groups is 1. The van der Waals surface area contributed by atoms with Crippen LogP contribution in [0, 0.1) is 5.92 Å². The summed E-state index contributed by atoms with van der Waals surface area (Å²) in [6, 6.07) is 18.1. The van der Waals surface area contributed by atoms with Crippen LogP contribution in [0.15, 0.2) is 72.0 Å². The third kappa shape index (κ3) is 7.67. The molecule has 7 nitrogen and oxygen atoms in total. The summed E-state index contributed by atoms with van der Waals surface area (Å²) in [7, 11) is 1.76. The Hall–Kier alpha value is -2.88. The minimum absolute atomic E-state index is 0. The Bertz CT molecular complexity index is 1000. The van der Waals surface area contributed by atoms with E-state index in [0.717, 1.165) is 23.8 Å². The zero-order valence-corrected chi connectivity index (χ0v) is 21.0. The summed E-state index contributed by atoms with van der Waals surface area (Å²) < 4.78 is 1.92. The first-order valence-electron chi connectivity index (χ1n) is 10.4. The lowest BCUT2D eigenvalue weighted by Crippen LogP contribution is -2.36. The summed E-state index contributed by atoms with van der Waals surface area (Å²) in [6.45, 7) is 5.78. The molecular formula is C24H31IN6O. The number of halogens is 1. The molecule has 1 amide bonds. The highest BCUT2D eigenvalue weighted by Gasteiger charge is 2.07. The molecule has 0 atom stereocenters. The number of nitrogens with one attached hydrogen (secondary N) is 3. The average Bonchev–Trinajstić information content (AvgIpc) is 3.29. The van der Waals surface area contributed by atoms with Gasteiger partial charge in [-0.25, -0.2) is 0 Å². The molecule has 0 saturated heterocycles. The van der Waals surface area contributed by atoms with Crippen molar-refractivity contribution in [1.82, 2.24) is 20.4 Å². The SMILES string of the molecule is CN=C(NCc1ccc(NC(=O)C(C)C)cc1)NCc1ccccc1Cn1cccn1.I. The molecule has 0 radical (unpaired) electrons. The number of aromatic nitrogens is 2. The van der Waals surface area contributed by atoms with Crippen LogP contribution in [-0.4, -0.2) is 28.7 Å². The topological polar surface area (TPSA) is 83.3 Å². The molecule has 0 spiro atoms. The van der Waals surface area contributed by atoms with E-state index in [1.165, 1.54) is 11.1 Å². The van der Waals surface area contributed by atoms with E-state index < -0.39 is 0 Å². The van der Waals surface area contributed by atoms with Crippen LogP contribution in [0.1, 0.15) is 30.5 Å². The number of nitrogens with zero attached hydrogens (tertiary/aromatic N) is 3. The van der Waals surface area contributed by atoms with Crippen LogP contribution in [0.2, 0.25) is 0 Å². The Labute approximate surface area is 206 Å². The molecule has 3 N–H and O–H groups in total. The van der Waals surface area contributed by atoms with Crippen molar-refractivity contribution >= 4 is 41.5 Å². The predicted octanol–water partition coefficient (Wildman–Crippen LogP) is 4.01. The van der Waals surface area contributed by atoms with E-state index in [9.17, 15) is 4.79 Å². The summed E-state index contributed by atoms with van der Waals surface area (Å²) >= 11 is 0. The second-order valence-corrected chi connectivity index (χ2v) is 7.59.